The third-order valence-electron chi connectivity index (χ3n) is 9.92. The smallest absolute Gasteiger partial charge is 0.204 e. The van der Waals surface area contributed by atoms with Crippen LogP contribution in [0, 0.1) is 23.4 Å². The first-order valence-corrected chi connectivity index (χ1v) is 16.8. The van der Waals surface area contributed by atoms with Gasteiger partial charge in [0.1, 0.15) is 23.1 Å². The largest absolute Gasteiger partial charge is 0.493 e. The normalized spacial score (nSPS) is 23.1. The third-order valence-corrected chi connectivity index (χ3v) is 10.7. The number of halogens is 3. The van der Waals surface area contributed by atoms with E-state index in [1.165, 1.54) is 23.4 Å². The van der Waals surface area contributed by atoms with Crippen LogP contribution in [0.4, 0.5) is 13.2 Å². The van der Waals surface area contributed by atoms with Crippen molar-refractivity contribution >= 4 is 28.7 Å². The lowest BCUT2D eigenvalue weighted by Crippen LogP contribution is -2.42. The van der Waals surface area contributed by atoms with Gasteiger partial charge in [-0.15, -0.1) is 11.8 Å². The molecule has 3 fully saturated rings. The van der Waals surface area contributed by atoms with E-state index in [1.54, 1.807) is 30.8 Å². The van der Waals surface area contributed by atoms with Gasteiger partial charge in [0.25, 0.3) is 0 Å². The van der Waals surface area contributed by atoms with Gasteiger partial charge in [0, 0.05) is 40.9 Å². The van der Waals surface area contributed by atoms with Gasteiger partial charge in [0.15, 0.2) is 11.6 Å². The highest BCUT2D eigenvalue weighted by Crippen LogP contribution is 2.46. The van der Waals surface area contributed by atoms with Gasteiger partial charge in [-0.1, -0.05) is 29.8 Å². The summed E-state index contributed by atoms with van der Waals surface area (Å²) in [5, 5.41) is 0.515. The number of rotatable bonds is 6. The molecule has 2 N–H and O–H groups in total. The second kappa shape index (κ2) is 11.3. The van der Waals surface area contributed by atoms with Crippen LogP contribution in [0.2, 0.25) is 0 Å². The van der Waals surface area contributed by atoms with Crippen molar-refractivity contribution < 1.29 is 22.6 Å². The van der Waals surface area contributed by atoms with E-state index in [-0.39, 0.29) is 22.6 Å². The highest BCUT2D eigenvalue weighted by Gasteiger charge is 2.37. The summed E-state index contributed by atoms with van der Waals surface area (Å²) in [6.45, 7) is 5.55. The molecule has 3 aromatic carbocycles. The minimum atomic E-state index is -1.10. The summed E-state index contributed by atoms with van der Waals surface area (Å²) in [5.74, 6) is -1.07. The molecule has 5 aromatic rings. The number of H-pyrrole nitrogens is 2. The summed E-state index contributed by atoms with van der Waals surface area (Å²) >= 11 is 1.26. The average Bonchev–Trinajstić information content (AvgIpc) is 3.77. The van der Waals surface area contributed by atoms with Crippen molar-refractivity contribution in [3.63, 3.8) is 0 Å². The standard InChI is InChI=1S/C36H33F3N4O2S/c1-36(10-14-44-27-6-4-3-5-25(27)36)29-18-41-35(42-29)24-17-28(21(16-26(24)37)15-22-19-43-12-8-20(22)9-13-43)45-33-31(39)30(38)32-23(7-11-40-32)34(33)46-2/h3-7,11,15-18,20,40H,8-10,12-14,19H2,1-2H3,(H,41,42)/b22-15-. The fourth-order valence-electron chi connectivity index (χ4n) is 7.30. The number of para-hydroxylation sites is 1. The minimum absolute atomic E-state index is 0.0786. The molecule has 236 valence electrons. The molecule has 9 rings (SSSR count). The Labute approximate surface area is 269 Å². The average molecular weight is 643 g/mol. The molecule has 1 unspecified atom stereocenters. The van der Waals surface area contributed by atoms with Crippen molar-refractivity contribution in [2.24, 2.45) is 5.92 Å². The summed E-state index contributed by atoms with van der Waals surface area (Å²) in [4.78, 5) is 13.7. The van der Waals surface area contributed by atoms with Gasteiger partial charge in [0.2, 0.25) is 5.82 Å². The number of nitrogens with zero attached hydrogens (tertiary/aromatic N) is 2. The number of aromatic amines is 2. The minimum Gasteiger partial charge on any atom is -0.493 e. The van der Waals surface area contributed by atoms with Crippen LogP contribution in [0.3, 0.4) is 0 Å². The Morgan fingerprint density at radius 1 is 1.09 bits per heavy atom. The van der Waals surface area contributed by atoms with Gasteiger partial charge in [-0.3, -0.25) is 4.90 Å². The van der Waals surface area contributed by atoms with Gasteiger partial charge in [-0.2, -0.15) is 4.39 Å². The summed E-state index contributed by atoms with van der Waals surface area (Å²) in [6, 6.07) is 12.6. The van der Waals surface area contributed by atoms with E-state index in [0.717, 1.165) is 49.5 Å². The van der Waals surface area contributed by atoms with Gasteiger partial charge in [0.05, 0.1) is 28.3 Å². The van der Waals surface area contributed by atoms with E-state index in [1.807, 2.05) is 30.3 Å². The SMILES string of the molecule is CSc1c(Oc2cc(-c3nc(C4(C)CCOc5ccccc54)c[nH]3)c(F)cc2/C=C2/CN3CCC2CC3)c(F)c(F)c2[nH]ccc12. The number of fused-ring (bicyclic) bond motifs is 5. The quantitative estimate of drug-likeness (QED) is 0.182. The van der Waals surface area contributed by atoms with Crippen molar-refractivity contribution in [3.05, 3.63) is 94.7 Å². The molecule has 2 bridgehead atoms. The van der Waals surface area contributed by atoms with Crippen LogP contribution in [0.25, 0.3) is 28.4 Å². The molecule has 6 heterocycles. The van der Waals surface area contributed by atoms with Crippen molar-refractivity contribution in [1.82, 2.24) is 19.9 Å². The Bertz CT molecular complexity index is 2010. The lowest BCUT2D eigenvalue weighted by atomic mass is 9.75. The zero-order chi connectivity index (χ0) is 31.6. The molecule has 10 heteroatoms. The molecule has 0 saturated carbocycles. The first-order chi connectivity index (χ1) is 22.3. The van der Waals surface area contributed by atoms with E-state index in [2.05, 4.69) is 21.8 Å². The van der Waals surface area contributed by atoms with Crippen LogP contribution in [-0.2, 0) is 5.41 Å². The van der Waals surface area contributed by atoms with E-state index in [0.29, 0.717) is 40.6 Å². The Morgan fingerprint density at radius 3 is 2.70 bits per heavy atom. The van der Waals surface area contributed by atoms with Crippen molar-refractivity contribution in [2.45, 2.75) is 36.5 Å². The molecule has 1 atom stereocenters. The van der Waals surface area contributed by atoms with Crippen LogP contribution in [0.15, 0.2) is 65.3 Å². The van der Waals surface area contributed by atoms with E-state index in [9.17, 15) is 0 Å². The van der Waals surface area contributed by atoms with Crippen LogP contribution in [-0.4, -0.2) is 52.3 Å². The van der Waals surface area contributed by atoms with Crippen LogP contribution >= 0.6 is 11.8 Å². The number of aromatic nitrogens is 3. The maximum absolute atomic E-state index is 16.1. The van der Waals surface area contributed by atoms with Crippen molar-refractivity contribution in [2.75, 3.05) is 32.5 Å². The van der Waals surface area contributed by atoms with Gasteiger partial charge in [-0.25, -0.2) is 13.8 Å². The lowest BCUT2D eigenvalue weighted by molar-refractivity contribution is 0.163. The van der Waals surface area contributed by atoms with Crippen molar-refractivity contribution in [3.8, 4) is 28.6 Å². The maximum Gasteiger partial charge on any atom is 0.204 e. The van der Waals surface area contributed by atoms with Crippen molar-refractivity contribution in [1.29, 1.82) is 0 Å². The maximum atomic E-state index is 16.1. The summed E-state index contributed by atoms with van der Waals surface area (Å²) in [7, 11) is 0. The first kappa shape index (κ1) is 29.3. The topological polar surface area (TPSA) is 66.2 Å². The summed E-state index contributed by atoms with van der Waals surface area (Å²) < 4.78 is 59.2. The first-order valence-electron chi connectivity index (χ1n) is 15.6. The molecule has 6 nitrogen and oxygen atoms in total. The zero-order valence-electron chi connectivity index (χ0n) is 25.6. The second-order valence-electron chi connectivity index (χ2n) is 12.6. The van der Waals surface area contributed by atoms with Crippen LogP contribution in [0.1, 0.15) is 43.0 Å². The predicted molar refractivity (Wildman–Crippen MR) is 174 cm³/mol. The summed E-state index contributed by atoms with van der Waals surface area (Å²) in [6.07, 6.45) is 9.94. The lowest BCUT2D eigenvalue weighted by Gasteiger charge is -2.41. The van der Waals surface area contributed by atoms with Gasteiger partial charge >= 0.3 is 0 Å². The highest BCUT2D eigenvalue weighted by atomic mass is 32.2. The molecule has 2 aromatic heterocycles. The fraction of sp³-hybridized carbons (Fsp3) is 0.306. The monoisotopic (exact) mass is 642 g/mol. The number of nitrogens with one attached hydrogen (secondary N) is 2. The molecule has 0 spiro atoms. The molecule has 46 heavy (non-hydrogen) atoms. The molecule has 4 aliphatic rings. The Balaban J connectivity index is 1.25. The number of benzene rings is 3. The second-order valence-corrected chi connectivity index (χ2v) is 13.4. The molecule has 3 saturated heterocycles. The number of hydrogen-bond acceptors (Lipinski definition) is 5. The van der Waals surface area contributed by atoms with E-state index in [4.69, 9.17) is 14.5 Å². The molecule has 0 aliphatic carbocycles. The molecule has 4 aliphatic heterocycles. The van der Waals surface area contributed by atoms with E-state index >= 15 is 13.2 Å². The van der Waals surface area contributed by atoms with Gasteiger partial charge < -0.3 is 19.4 Å². The Morgan fingerprint density at radius 2 is 1.91 bits per heavy atom. The molecule has 0 radical (unpaired) electrons. The van der Waals surface area contributed by atoms with Crippen LogP contribution in [0.5, 0.6) is 17.2 Å². The van der Waals surface area contributed by atoms with Gasteiger partial charge in [-0.05, 0) is 75.7 Å². The third kappa shape index (κ3) is 4.72. The molecular formula is C36H33F3N4O2S. The Hall–Kier alpha value is -4.15. The predicted octanol–water partition coefficient (Wildman–Crippen LogP) is 8.69. The van der Waals surface area contributed by atoms with Crippen LogP contribution < -0.4 is 9.47 Å². The molecule has 0 amide bonds. The highest BCUT2D eigenvalue weighted by molar-refractivity contribution is 7.99. The molecular weight excluding hydrogens is 609 g/mol. The number of thioether (sulfide) groups is 1. The zero-order valence-corrected chi connectivity index (χ0v) is 26.4. The van der Waals surface area contributed by atoms with E-state index < -0.39 is 22.9 Å². The number of imidazole rings is 1. The number of hydrogen-bond donors (Lipinski definition) is 2. The Kier molecular flexibility index (Phi) is 7.17. The number of piperidine rings is 3. The fourth-order valence-corrected chi connectivity index (χ4v) is 8.00. The summed E-state index contributed by atoms with van der Waals surface area (Å²) in [5.41, 5.74) is 3.26. The number of ether oxygens (including phenoxy) is 2.